The standard InChI is InChI=1S/Cr.2O.Si.Ti/q;2*-2;;+4. The predicted octanol–water partition coefficient (Wildman–Crippen LogP) is -0.623. The molecule has 0 rings (SSSR count). The topological polar surface area (TPSA) is 57.0 Å². The average molecular weight is 160 g/mol. The molecule has 0 fully saturated rings. The average Bonchev–Trinajstić information content (AvgIpc) is 0. The molecule has 0 saturated heterocycles. The second-order valence-electron chi connectivity index (χ2n) is 0. The number of hydrogen-bond acceptors (Lipinski definition) is 0. The fourth-order valence-electron chi connectivity index (χ4n) is 0. The molecule has 2 nitrogen and oxygen atoms in total. The summed E-state index contributed by atoms with van der Waals surface area (Å²) >= 11 is 0. The van der Waals surface area contributed by atoms with E-state index in [4.69, 9.17) is 0 Å². The van der Waals surface area contributed by atoms with Gasteiger partial charge in [-0.15, -0.1) is 0 Å². The summed E-state index contributed by atoms with van der Waals surface area (Å²) in [6.45, 7) is 0. The van der Waals surface area contributed by atoms with Gasteiger partial charge in [0.25, 0.3) is 0 Å². The Labute approximate surface area is 61.0 Å². The van der Waals surface area contributed by atoms with Crippen molar-refractivity contribution in [1.82, 2.24) is 0 Å². The number of rotatable bonds is 0. The van der Waals surface area contributed by atoms with Gasteiger partial charge in [-0.05, 0) is 0 Å². The van der Waals surface area contributed by atoms with Crippen LogP contribution in [0.4, 0.5) is 0 Å². The molecule has 0 aromatic carbocycles. The smallest absolute Gasteiger partial charge is 2.00 e. The van der Waals surface area contributed by atoms with Crippen LogP contribution >= 0.6 is 0 Å². The Bertz CT molecular complexity index is 9.61. The maximum atomic E-state index is 0. The zero-order valence-corrected chi connectivity index (χ0v) is 6.06. The van der Waals surface area contributed by atoms with E-state index < -0.39 is 0 Å². The van der Waals surface area contributed by atoms with Crippen LogP contribution in [0.15, 0.2) is 0 Å². The van der Waals surface area contributed by atoms with Crippen LogP contribution in [0, 0.1) is 0 Å². The first-order chi connectivity index (χ1) is 0. The van der Waals surface area contributed by atoms with E-state index in [0.717, 1.165) is 0 Å². The molecule has 0 aliphatic rings. The van der Waals surface area contributed by atoms with Gasteiger partial charge in [0, 0.05) is 28.3 Å². The minimum Gasteiger partial charge on any atom is -2.00 e. The third kappa shape index (κ3) is 32.2. The summed E-state index contributed by atoms with van der Waals surface area (Å²) < 4.78 is 0. The van der Waals surface area contributed by atoms with Crippen molar-refractivity contribution in [2.24, 2.45) is 0 Å². The zero-order valence-electron chi connectivity index (χ0n) is 2.22. The van der Waals surface area contributed by atoms with Gasteiger partial charge in [0.15, 0.2) is 0 Å². The summed E-state index contributed by atoms with van der Waals surface area (Å²) in [7, 11) is 0. The van der Waals surface area contributed by atoms with Gasteiger partial charge in [-0.2, -0.15) is 0 Å². The largest absolute Gasteiger partial charge is 4.00 e. The first-order valence-electron chi connectivity index (χ1n) is 0. The van der Waals surface area contributed by atoms with Gasteiger partial charge in [0.1, 0.15) is 0 Å². The van der Waals surface area contributed by atoms with Crippen molar-refractivity contribution in [3.63, 3.8) is 0 Å². The summed E-state index contributed by atoms with van der Waals surface area (Å²) in [5.74, 6) is 0. The Morgan fingerprint density at radius 2 is 0.800 bits per heavy atom. The van der Waals surface area contributed by atoms with Crippen molar-refractivity contribution in [3.05, 3.63) is 0 Å². The molecular weight excluding hydrogens is 160 g/mol. The Morgan fingerprint density at radius 3 is 0.800 bits per heavy atom. The van der Waals surface area contributed by atoms with Crippen LogP contribution in [-0.4, -0.2) is 11.0 Å². The van der Waals surface area contributed by atoms with E-state index in [1.54, 1.807) is 0 Å². The van der Waals surface area contributed by atoms with Gasteiger partial charge in [0.05, 0.1) is 0 Å². The van der Waals surface area contributed by atoms with Crippen molar-refractivity contribution >= 4 is 11.0 Å². The van der Waals surface area contributed by atoms with Crippen LogP contribution in [0.1, 0.15) is 0 Å². The molecule has 26 valence electrons. The van der Waals surface area contributed by atoms with Crippen LogP contribution in [0.3, 0.4) is 0 Å². The van der Waals surface area contributed by atoms with Crippen molar-refractivity contribution in [2.75, 3.05) is 0 Å². The molecule has 5 heteroatoms. The Hall–Kier alpha value is 1.38. The minimum atomic E-state index is 0. The van der Waals surface area contributed by atoms with Gasteiger partial charge in [-0.1, -0.05) is 0 Å². The van der Waals surface area contributed by atoms with Gasteiger partial charge >= 0.3 is 21.7 Å². The maximum absolute atomic E-state index is 0. The van der Waals surface area contributed by atoms with Crippen LogP contribution in [0.2, 0.25) is 0 Å². The molecule has 0 aliphatic heterocycles. The second kappa shape index (κ2) is 54.0. The fraction of sp³-hybridized carbons (Fsp3) is 0. The van der Waals surface area contributed by atoms with Crippen molar-refractivity contribution < 1.29 is 50.0 Å². The zero-order chi connectivity index (χ0) is 0. The first kappa shape index (κ1) is 96.6. The van der Waals surface area contributed by atoms with E-state index in [9.17, 15) is 0 Å². The summed E-state index contributed by atoms with van der Waals surface area (Å²) in [5.41, 5.74) is 0. The van der Waals surface area contributed by atoms with Crippen molar-refractivity contribution in [1.29, 1.82) is 0 Å². The van der Waals surface area contributed by atoms with Gasteiger partial charge in [0.2, 0.25) is 0 Å². The molecule has 0 spiro atoms. The molecule has 0 atom stereocenters. The van der Waals surface area contributed by atoms with Crippen molar-refractivity contribution in [2.45, 2.75) is 0 Å². The Balaban J connectivity index is 0. The molecule has 0 N–H and O–H groups in total. The molecule has 0 bridgehead atoms. The van der Waals surface area contributed by atoms with Crippen molar-refractivity contribution in [3.8, 4) is 0 Å². The summed E-state index contributed by atoms with van der Waals surface area (Å²) in [6, 6.07) is 0. The third-order valence-electron chi connectivity index (χ3n) is 0. The molecule has 0 saturated carbocycles. The molecule has 0 amide bonds. The summed E-state index contributed by atoms with van der Waals surface area (Å²) in [4.78, 5) is 0. The molecular formula is CrO2SiTi. The van der Waals surface area contributed by atoms with Crippen LogP contribution in [-0.2, 0) is 50.0 Å². The SMILES string of the molecule is [Cr].[O-2].[O-2].[Si].[Ti+4]. The van der Waals surface area contributed by atoms with Gasteiger partial charge < -0.3 is 11.0 Å². The normalized spacial score (nSPS) is 0. The predicted molar refractivity (Wildman–Crippen MR) is 7.13 cm³/mol. The second-order valence-corrected chi connectivity index (χ2v) is 0. The van der Waals surface area contributed by atoms with Crippen LogP contribution < -0.4 is 0 Å². The summed E-state index contributed by atoms with van der Waals surface area (Å²) in [6.07, 6.45) is 0. The molecule has 0 aliphatic carbocycles. The van der Waals surface area contributed by atoms with E-state index in [1.165, 1.54) is 0 Å². The third-order valence-corrected chi connectivity index (χ3v) is 0. The molecule has 0 unspecified atom stereocenters. The Morgan fingerprint density at radius 1 is 0.800 bits per heavy atom. The molecule has 4 radical (unpaired) electrons. The van der Waals surface area contributed by atoms with E-state index in [0.29, 0.717) is 0 Å². The monoisotopic (exact) mass is 160 g/mol. The number of hydrogen-bond donors (Lipinski definition) is 0. The van der Waals surface area contributed by atoms with Crippen LogP contribution in [0.5, 0.6) is 0 Å². The quantitative estimate of drug-likeness (QED) is 0.424. The van der Waals surface area contributed by atoms with E-state index in [1.807, 2.05) is 0 Å². The molecule has 0 aromatic heterocycles. The Kier molecular flexibility index (Phi) is 1040. The molecule has 5 heavy (non-hydrogen) atoms. The van der Waals surface area contributed by atoms with E-state index in [-0.39, 0.29) is 61.0 Å². The summed E-state index contributed by atoms with van der Waals surface area (Å²) in [5, 5.41) is 0. The van der Waals surface area contributed by atoms with Gasteiger partial charge in [-0.25, -0.2) is 0 Å². The van der Waals surface area contributed by atoms with E-state index >= 15 is 0 Å². The van der Waals surface area contributed by atoms with Gasteiger partial charge in [-0.3, -0.25) is 0 Å². The van der Waals surface area contributed by atoms with E-state index in [2.05, 4.69) is 0 Å². The fourth-order valence-corrected chi connectivity index (χ4v) is 0. The van der Waals surface area contributed by atoms with Crippen LogP contribution in [0.25, 0.3) is 0 Å². The maximum Gasteiger partial charge on any atom is 4.00 e. The minimum absolute atomic E-state index is 0. The molecule has 0 aromatic rings. The molecule has 0 heterocycles. The first-order valence-corrected chi connectivity index (χ1v) is 0.